The Bertz CT molecular complexity index is 2370. The molecule has 9 heteroatoms. The first kappa shape index (κ1) is 58.1. The van der Waals surface area contributed by atoms with E-state index < -0.39 is 15.8 Å². The van der Waals surface area contributed by atoms with Crippen LogP contribution in [0.15, 0.2) is 109 Å². The molecule has 0 aromatic heterocycles. The molecule has 73 heavy (non-hydrogen) atoms. The van der Waals surface area contributed by atoms with E-state index in [2.05, 4.69) is 203 Å². The molecule has 0 aliphatic heterocycles. The van der Waals surface area contributed by atoms with Gasteiger partial charge in [0.05, 0.1) is 28.4 Å². The second-order valence-corrected chi connectivity index (χ2v) is 26.0. The van der Waals surface area contributed by atoms with Gasteiger partial charge in [0.1, 0.15) is 23.0 Å². The molecule has 0 heterocycles. The average molecular weight is 1060 g/mol. The molecule has 0 amide bonds. The molecular formula is C64H84FeN2O4P2. The Labute approximate surface area is 453 Å². The number of benzene rings is 6. The third-order valence-corrected chi connectivity index (χ3v) is 21.5. The molecular weight excluding hydrogens is 979 g/mol. The molecule has 2 aliphatic carbocycles. The van der Waals surface area contributed by atoms with Gasteiger partial charge in [-0.2, -0.15) is 0 Å². The van der Waals surface area contributed by atoms with Crippen molar-refractivity contribution in [2.24, 2.45) is 11.8 Å². The Balaban J connectivity index is 0.000000235. The van der Waals surface area contributed by atoms with Crippen LogP contribution in [0.25, 0.3) is 0 Å². The third-order valence-electron chi connectivity index (χ3n) is 15.6. The number of hydrogen-bond acceptors (Lipinski definition) is 6. The molecule has 0 spiro atoms. The Hall–Kier alpha value is -4.18. The van der Waals surface area contributed by atoms with Gasteiger partial charge in [-0.15, -0.1) is 0 Å². The normalized spacial score (nSPS) is 18.4. The summed E-state index contributed by atoms with van der Waals surface area (Å²) in [5, 5.41) is 5.86. The van der Waals surface area contributed by atoms with Gasteiger partial charge in [-0.05, 0) is 274 Å². The molecule has 6 aromatic carbocycles. The van der Waals surface area contributed by atoms with Gasteiger partial charge in [0.25, 0.3) is 0 Å². The van der Waals surface area contributed by atoms with Crippen molar-refractivity contribution in [2.75, 3.05) is 56.6 Å². The molecule has 6 nitrogen and oxygen atoms in total. The van der Waals surface area contributed by atoms with Gasteiger partial charge in [0, 0.05) is 29.2 Å². The predicted molar refractivity (Wildman–Crippen MR) is 310 cm³/mol. The molecule has 2 aliphatic rings. The molecule has 2 saturated carbocycles. The SMILES string of the molecule is COc1c(C)cc(P(c2cc(C)c(OC)c(C)c2)C2CCCC2C(c2ccccc2)N(C)C)cc1C.COc1c(C)cc(P(c2cc(C)c(OC)c(C)c2)C2CCCC2C(c2ccccc2)N(C)C)cc1C.[Fe]. The van der Waals surface area contributed by atoms with E-state index in [1.54, 1.807) is 28.4 Å². The molecule has 2 fully saturated rings. The first-order valence-electron chi connectivity index (χ1n) is 26.1. The van der Waals surface area contributed by atoms with Crippen LogP contribution in [0.3, 0.4) is 0 Å². The van der Waals surface area contributed by atoms with Crippen molar-refractivity contribution in [1.29, 1.82) is 0 Å². The fourth-order valence-electron chi connectivity index (χ4n) is 13.1. The predicted octanol–water partition coefficient (Wildman–Crippen LogP) is 13.7. The van der Waals surface area contributed by atoms with Gasteiger partial charge >= 0.3 is 0 Å². The van der Waals surface area contributed by atoms with E-state index in [1.165, 1.54) is 115 Å². The molecule has 6 unspecified atom stereocenters. The Morgan fingerprint density at radius 2 is 0.616 bits per heavy atom. The minimum absolute atomic E-state index is 0. The van der Waals surface area contributed by atoms with E-state index in [9.17, 15) is 0 Å². The zero-order valence-electron chi connectivity index (χ0n) is 46.9. The van der Waals surface area contributed by atoms with E-state index in [0.717, 1.165) is 23.0 Å². The fraction of sp³-hybridized carbons (Fsp3) is 0.438. The van der Waals surface area contributed by atoms with E-state index in [1.807, 2.05) is 0 Å². The topological polar surface area (TPSA) is 43.4 Å². The number of hydrogen-bond donors (Lipinski definition) is 0. The molecule has 6 atom stereocenters. The molecule has 0 saturated heterocycles. The summed E-state index contributed by atoms with van der Waals surface area (Å²) in [6, 6.07) is 42.2. The maximum absolute atomic E-state index is 5.74. The van der Waals surface area contributed by atoms with Crippen LogP contribution in [0.1, 0.15) is 106 Å². The van der Waals surface area contributed by atoms with Crippen LogP contribution >= 0.6 is 15.8 Å². The number of aryl methyl sites for hydroxylation is 8. The Morgan fingerprint density at radius 1 is 0.384 bits per heavy atom. The molecule has 392 valence electrons. The first-order valence-corrected chi connectivity index (χ1v) is 29.0. The summed E-state index contributed by atoms with van der Waals surface area (Å²) >= 11 is 0. The van der Waals surface area contributed by atoms with Gasteiger partial charge in [-0.1, -0.05) is 73.5 Å². The van der Waals surface area contributed by atoms with Crippen molar-refractivity contribution in [2.45, 2.75) is 117 Å². The molecule has 0 bridgehead atoms. The summed E-state index contributed by atoms with van der Waals surface area (Å²) < 4.78 is 23.0. The molecule has 6 aromatic rings. The quantitative estimate of drug-likeness (QED) is 0.0711. The summed E-state index contributed by atoms with van der Waals surface area (Å²) in [6.07, 6.45) is 7.64. The largest absolute Gasteiger partial charge is 0.496 e. The minimum Gasteiger partial charge on any atom is -0.496 e. The summed E-state index contributed by atoms with van der Waals surface area (Å²) in [7, 11) is 15.0. The molecule has 0 radical (unpaired) electrons. The van der Waals surface area contributed by atoms with Crippen LogP contribution in [0, 0.1) is 67.2 Å². The summed E-state index contributed by atoms with van der Waals surface area (Å²) in [5.41, 5.74) is 13.9. The monoisotopic (exact) mass is 1060 g/mol. The minimum atomic E-state index is -0.576. The average Bonchev–Trinajstić information content (AvgIpc) is 4.00. The van der Waals surface area contributed by atoms with Crippen molar-refractivity contribution in [3.8, 4) is 23.0 Å². The zero-order chi connectivity index (χ0) is 52.0. The maximum Gasteiger partial charge on any atom is 0.124 e. The van der Waals surface area contributed by atoms with Gasteiger partial charge in [0.15, 0.2) is 0 Å². The second kappa shape index (κ2) is 26.0. The standard InChI is InChI=1S/2C32H42NO2P.Fe/c2*1-21-17-26(18-22(2)31(21)34-7)36(27-19-23(3)32(35-8)24(4)20-27)29-16-12-15-28(29)30(33(5)6)25-13-10-9-11-14-25;/h2*9-11,13-14,17-20,28-30H,12,15-16H2,1-8H3;. The van der Waals surface area contributed by atoms with Crippen molar-refractivity contribution in [3.63, 3.8) is 0 Å². The number of methoxy groups -OCH3 is 4. The van der Waals surface area contributed by atoms with Gasteiger partial charge < -0.3 is 28.7 Å². The van der Waals surface area contributed by atoms with Crippen LogP contribution in [-0.4, -0.2) is 77.7 Å². The van der Waals surface area contributed by atoms with E-state index in [-0.39, 0.29) is 17.1 Å². The smallest absolute Gasteiger partial charge is 0.124 e. The number of nitrogens with zero attached hydrogens (tertiary/aromatic N) is 2. The third kappa shape index (κ3) is 12.7. The van der Waals surface area contributed by atoms with Gasteiger partial charge in [0.2, 0.25) is 0 Å². The molecule has 8 rings (SSSR count). The van der Waals surface area contributed by atoms with Crippen LogP contribution in [-0.2, 0) is 17.1 Å². The van der Waals surface area contributed by atoms with Crippen LogP contribution < -0.4 is 40.2 Å². The summed E-state index contributed by atoms with van der Waals surface area (Å²) in [4.78, 5) is 4.89. The zero-order valence-corrected chi connectivity index (χ0v) is 49.8. The first-order chi connectivity index (χ1) is 34.5. The van der Waals surface area contributed by atoms with Gasteiger partial charge in [-0.3, -0.25) is 0 Å². The van der Waals surface area contributed by atoms with E-state index >= 15 is 0 Å². The fourth-order valence-corrected chi connectivity index (χ4v) is 20.2. The maximum atomic E-state index is 5.74. The second-order valence-electron chi connectivity index (χ2n) is 21.2. The van der Waals surface area contributed by atoms with Gasteiger partial charge in [-0.25, -0.2) is 0 Å². The van der Waals surface area contributed by atoms with E-state index in [0.29, 0.717) is 35.2 Å². The van der Waals surface area contributed by atoms with Crippen molar-refractivity contribution in [3.05, 3.63) is 165 Å². The Kier molecular flexibility index (Phi) is 20.7. The summed E-state index contributed by atoms with van der Waals surface area (Å²) in [5.74, 6) is 5.23. The van der Waals surface area contributed by atoms with E-state index in [4.69, 9.17) is 18.9 Å². The summed E-state index contributed by atoms with van der Waals surface area (Å²) in [6.45, 7) is 17.5. The van der Waals surface area contributed by atoms with Crippen LogP contribution in [0.4, 0.5) is 0 Å². The molecule has 0 N–H and O–H groups in total. The van der Waals surface area contributed by atoms with Crippen LogP contribution in [0.2, 0.25) is 0 Å². The Morgan fingerprint density at radius 3 is 0.822 bits per heavy atom. The number of ether oxygens (including phenoxy) is 4. The van der Waals surface area contributed by atoms with Crippen LogP contribution in [0.5, 0.6) is 23.0 Å². The number of rotatable bonds is 16. The van der Waals surface area contributed by atoms with Crippen molar-refractivity contribution < 1.29 is 36.0 Å². The van der Waals surface area contributed by atoms with Crippen molar-refractivity contribution >= 4 is 37.1 Å². The van der Waals surface area contributed by atoms with Crippen molar-refractivity contribution in [1.82, 2.24) is 9.80 Å².